The second-order valence-electron chi connectivity index (χ2n) is 7.04. The highest BCUT2D eigenvalue weighted by molar-refractivity contribution is 5.74. The van der Waals surface area contributed by atoms with E-state index in [4.69, 9.17) is 0 Å². The van der Waals surface area contributed by atoms with Gasteiger partial charge in [0.15, 0.2) is 5.65 Å². The largest absolute Gasteiger partial charge is 0.342 e. The quantitative estimate of drug-likeness (QED) is 0.797. The summed E-state index contributed by atoms with van der Waals surface area (Å²) in [6.07, 6.45) is 4.96. The Morgan fingerprint density at radius 1 is 1.28 bits per heavy atom. The number of aromatic amines is 1. The standard InChI is InChI=1S/C19H23N5O/c1-13-5-7-14(8-6-13)10-15-4-3-9-24(12-15)19-21-17-16(18(25)22-19)11-20-23(17)2/h5-8,11,15H,3-4,9-10,12H2,1-2H3,(H,21,22,25)/t15-/m1/s1. The summed E-state index contributed by atoms with van der Waals surface area (Å²) in [7, 11) is 1.81. The molecule has 1 saturated heterocycles. The Labute approximate surface area is 146 Å². The normalized spacial score (nSPS) is 18.0. The molecule has 1 atom stereocenters. The van der Waals surface area contributed by atoms with E-state index in [9.17, 15) is 4.79 Å². The van der Waals surface area contributed by atoms with Crippen LogP contribution in [0.4, 0.5) is 5.95 Å². The van der Waals surface area contributed by atoms with Gasteiger partial charge in [0, 0.05) is 20.1 Å². The van der Waals surface area contributed by atoms with Gasteiger partial charge in [-0.3, -0.25) is 14.5 Å². The molecule has 6 heteroatoms. The van der Waals surface area contributed by atoms with Gasteiger partial charge in [0.05, 0.1) is 6.20 Å². The lowest BCUT2D eigenvalue weighted by Crippen LogP contribution is -2.38. The monoisotopic (exact) mass is 337 g/mol. The van der Waals surface area contributed by atoms with Crippen molar-refractivity contribution in [3.63, 3.8) is 0 Å². The van der Waals surface area contributed by atoms with E-state index in [1.807, 2.05) is 7.05 Å². The maximum atomic E-state index is 12.3. The van der Waals surface area contributed by atoms with Crippen LogP contribution < -0.4 is 10.5 Å². The molecule has 0 unspecified atom stereocenters. The first kappa shape index (κ1) is 15.9. The Morgan fingerprint density at radius 2 is 2.08 bits per heavy atom. The van der Waals surface area contributed by atoms with Gasteiger partial charge in [-0.15, -0.1) is 0 Å². The number of aryl methyl sites for hydroxylation is 2. The van der Waals surface area contributed by atoms with E-state index in [-0.39, 0.29) is 5.56 Å². The summed E-state index contributed by atoms with van der Waals surface area (Å²) >= 11 is 0. The summed E-state index contributed by atoms with van der Waals surface area (Å²) in [5.41, 5.74) is 3.19. The van der Waals surface area contributed by atoms with Crippen LogP contribution in [0.3, 0.4) is 0 Å². The van der Waals surface area contributed by atoms with Crippen molar-refractivity contribution in [2.24, 2.45) is 13.0 Å². The molecule has 4 rings (SSSR count). The third kappa shape index (κ3) is 3.16. The van der Waals surface area contributed by atoms with Crippen LogP contribution in [-0.2, 0) is 13.5 Å². The number of benzene rings is 1. The smallest absolute Gasteiger partial charge is 0.263 e. The number of aromatic nitrogens is 4. The van der Waals surface area contributed by atoms with Gasteiger partial charge in [-0.2, -0.15) is 10.1 Å². The number of anilines is 1. The summed E-state index contributed by atoms with van der Waals surface area (Å²) in [6, 6.07) is 8.78. The number of rotatable bonds is 3. The third-order valence-corrected chi connectivity index (χ3v) is 5.05. The van der Waals surface area contributed by atoms with Crippen LogP contribution in [0.5, 0.6) is 0 Å². The topological polar surface area (TPSA) is 66.8 Å². The predicted octanol–water partition coefficient (Wildman–Crippen LogP) is 2.42. The molecule has 3 aromatic rings. The average Bonchev–Trinajstić information content (AvgIpc) is 2.99. The molecule has 3 heterocycles. The van der Waals surface area contributed by atoms with Crippen molar-refractivity contribution in [1.29, 1.82) is 0 Å². The van der Waals surface area contributed by atoms with Crippen molar-refractivity contribution >= 4 is 17.0 Å². The number of fused-ring (bicyclic) bond motifs is 1. The van der Waals surface area contributed by atoms with Crippen molar-refractivity contribution in [2.75, 3.05) is 18.0 Å². The van der Waals surface area contributed by atoms with E-state index in [1.165, 1.54) is 17.5 Å². The second-order valence-corrected chi connectivity index (χ2v) is 7.04. The first-order valence-corrected chi connectivity index (χ1v) is 8.82. The van der Waals surface area contributed by atoms with E-state index in [2.05, 4.69) is 51.2 Å². The zero-order valence-electron chi connectivity index (χ0n) is 14.7. The molecule has 0 saturated carbocycles. The Kier molecular flexibility index (Phi) is 4.03. The van der Waals surface area contributed by atoms with Crippen molar-refractivity contribution in [3.8, 4) is 0 Å². The molecule has 6 nitrogen and oxygen atoms in total. The third-order valence-electron chi connectivity index (χ3n) is 5.05. The lowest BCUT2D eigenvalue weighted by molar-refractivity contribution is 0.409. The van der Waals surface area contributed by atoms with Crippen LogP contribution in [-0.4, -0.2) is 32.8 Å². The van der Waals surface area contributed by atoms with Crippen molar-refractivity contribution in [2.45, 2.75) is 26.2 Å². The van der Waals surface area contributed by atoms with Crippen molar-refractivity contribution in [1.82, 2.24) is 19.7 Å². The SMILES string of the molecule is Cc1ccc(C[C@H]2CCCN(c3nc4c(cnn4C)c(=O)[nH]3)C2)cc1. The number of piperidine rings is 1. The molecule has 0 amide bonds. The number of nitrogens with one attached hydrogen (secondary N) is 1. The minimum Gasteiger partial charge on any atom is -0.342 e. The van der Waals surface area contributed by atoms with E-state index < -0.39 is 0 Å². The average molecular weight is 337 g/mol. The summed E-state index contributed by atoms with van der Waals surface area (Å²) < 4.78 is 1.65. The fraction of sp³-hybridized carbons (Fsp3) is 0.421. The summed E-state index contributed by atoms with van der Waals surface area (Å²) in [6.45, 7) is 3.96. The minimum atomic E-state index is -0.117. The van der Waals surface area contributed by atoms with Crippen LogP contribution in [0.1, 0.15) is 24.0 Å². The predicted molar refractivity (Wildman–Crippen MR) is 98.9 cm³/mol. The van der Waals surface area contributed by atoms with E-state index >= 15 is 0 Å². The zero-order chi connectivity index (χ0) is 17.4. The number of hydrogen-bond donors (Lipinski definition) is 1. The molecule has 0 radical (unpaired) electrons. The zero-order valence-corrected chi connectivity index (χ0v) is 14.7. The Morgan fingerprint density at radius 3 is 2.88 bits per heavy atom. The molecular formula is C19H23N5O. The number of nitrogens with zero attached hydrogens (tertiary/aromatic N) is 4. The molecular weight excluding hydrogens is 314 g/mol. The van der Waals surface area contributed by atoms with Crippen molar-refractivity contribution < 1.29 is 0 Å². The first-order chi connectivity index (χ1) is 12.1. The molecule has 1 aliphatic rings. The van der Waals surface area contributed by atoms with Crippen LogP contribution in [0, 0.1) is 12.8 Å². The first-order valence-electron chi connectivity index (χ1n) is 8.82. The van der Waals surface area contributed by atoms with Gasteiger partial charge < -0.3 is 4.90 Å². The Bertz CT molecular complexity index is 941. The highest BCUT2D eigenvalue weighted by Gasteiger charge is 2.23. The van der Waals surface area contributed by atoms with Crippen LogP contribution >= 0.6 is 0 Å². The summed E-state index contributed by atoms with van der Waals surface area (Å²) in [5.74, 6) is 1.23. The van der Waals surface area contributed by atoms with Gasteiger partial charge in [0.25, 0.3) is 5.56 Å². The van der Waals surface area contributed by atoms with Crippen LogP contribution in [0.25, 0.3) is 11.0 Å². The fourth-order valence-corrected chi connectivity index (χ4v) is 3.65. The van der Waals surface area contributed by atoms with Gasteiger partial charge >= 0.3 is 0 Å². The second kappa shape index (κ2) is 6.35. The van der Waals surface area contributed by atoms with Gasteiger partial charge in [-0.25, -0.2) is 0 Å². The van der Waals surface area contributed by atoms with Gasteiger partial charge in [0.2, 0.25) is 5.95 Å². The Hall–Kier alpha value is -2.63. The molecule has 1 fully saturated rings. The van der Waals surface area contributed by atoms with Gasteiger partial charge in [-0.05, 0) is 37.7 Å². The van der Waals surface area contributed by atoms with E-state index in [1.54, 1.807) is 10.9 Å². The fourth-order valence-electron chi connectivity index (χ4n) is 3.65. The number of H-pyrrole nitrogens is 1. The lowest BCUT2D eigenvalue weighted by Gasteiger charge is -2.33. The summed E-state index contributed by atoms with van der Waals surface area (Å²) in [5, 5.41) is 4.68. The molecule has 25 heavy (non-hydrogen) atoms. The number of hydrogen-bond acceptors (Lipinski definition) is 4. The van der Waals surface area contributed by atoms with Gasteiger partial charge in [-0.1, -0.05) is 29.8 Å². The molecule has 2 aromatic heterocycles. The van der Waals surface area contributed by atoms with Crippen LogP contribution in [0.15, 0.2) is 35.3 Å². The van der Waals surface area contributed by atoms with Crippen molar-refractivity contribution in [3.05, 3.63) is 51.9 Å². The van der Waals surface area contributed by atoms with Crippen LogP contribution in [0.2, 0.25) is 0 Å². The minimum absolute atomic E-state index is 0.117. The molecule has 1 aliphatic heterocycles. The lowest BCUT2D eigenvalue weighted by atomic mass is 9.91. The molecule has 0 spiro atoms. The summed E-state index contributed by atoms with van der Waals surface area (Å²) in [4.78, 5) is 22.1. The highest BCUT2D eigenvalue weighted by atomic mass is 16.1. The van der Waals surface area contributed by atoms with E-state index in [0.717, 1.165) is 25.9 Å². The Balaban J connectivity index is 1.55. The molecule has 0 aliphatic carbocycles. The maximum absolute atomic E-state index is 12.3. The molecule has 1 N–H and O–H groups in total. The van der Waals surface area contributed by atoms with Gasteiger partial charge in [0.1, 0.15) is 5.39 Å². The van der Waals surface area contributed by atoms with E-state index in [0.29, 0.717) is 22.9 Å². The highest BCUT2D eigenvalue weighted by Crippen LogP contribution is 2.24. The molecule has 1 aromatic carbocycles. The maximum Gasteiger partial charge on any atom is 0.263 e. The molecule has 130 valence electrons. The molecule has 0 bridgehead atoms.